The predicted octanol–water partition coefficient (Wildman–Crippen LogP) is 4.57. The highest BCUT2D eigenvalue weighted by Crippen LogP contribution is 2.36. The van der Waals surface area contributed by atoms with E-state index in [4.69, 9.17) is 4.98 Å². The molecule has 0 bridgehead atoms. The van der Waals surface area contributed by atoms with Crippen molar-refractivity contribution in [2.24, 2.45) is 0 Å². The van der Waals surface area contributed by atoms with E-state index in [0.717, 1.165) is 16.9 Å². The second-order valence-corrected chi connectivity index (χ2v) is 6.26. The van der Waals surface area contributed by atoms with Crippen molar-refractivity contribution in [3.05, 3.63) is 23.1 Å². The Bertz CT molecular complexity index is 592. The maximum Gasteiger partial charge on any atom is 0.159 e. The second kappa shape index (κ2) is 4.95. The number of fused-ring (bicyclic) bond motifs is 1. The number of hydrogen-bond acceptors (Lipinski definition) is 2. The summed E-state index contributed by atoms with van der Waals surface area (Å²) in [5, 5.41) is 0. The third-order valence-electron chi connectivity index (χ3n) is 3.53. The molecule has 2 rings (SSSR count). The third-order valence-corrected chi connectivity index (χ3v) is 3.53. The topological polar surface area (TPSA) is 30.7 Å². The molecule has 0 amide bonds. The molecule has 0 atom stereocenters. The number of aryl methyl sites for hydroxylation is 1. The Kier molecular flexibility index (Phi) is 3.66. The molecule has 2 aromatic rings. The lowest BCUT2D eigenvalue weighted by Crippen LogP contribution is -2.09. The summed E-state index contributed by atoms with van der Waals surface area (Å²) < 4.78 is 2.36. The highest BCUT2D eigenvalue weighted by atomic mass is 15.1. The van der Waals surface area contributed by atoms with Gasteiger partial charge in [0.2, 0.25) is 0 Å². The minimum atomic E-state index is 0.407. The van der Waals surface area contributed by atoms with E-state index in [9.17, 15) is 0 Å². The fraction of sp³-hybridized carbons (Fsp3) is 0.625. The summed E-state index contributed by atoms with van der Waals surface area (Å²) in [4.78, 5) is 9.41. The molecule has 0 radical (unpaired) electrons. The molecule has 104 valence electrons. The standard InChI is InChI=1S/C16H25N3/c1-9(2)13-14-16(17-8-12(7)18-14)19(11(5)6)15(13)10(3)4/h8-11H,1-7H3. The van der Waals surface area contributed by atoms with E-state index < -0.39 is 0 Å². The van der Waals surface area contributed by atoms with Crippen LogP contribution in [0.25, 0.3) is 11.2 Å². The van der Waals surface area contributed by atoms with Gasteiger partial charge in [-0.3, -0.25) is 0 Å². The van der Waals surface area contributed by atoms with Gasteiger partial charge in [-0.2, -0.15) is 0 Å². The monoisotopic (exact) mass is 259 g/mol. The van der Waals surface area contributed by atoms with Crippen LogP contribution in [-0.4, -0.2) is 14.5 Å². The van der Waals surface area contributed by atoms with Crippen molar-refractivity contribution >= 4 is 11.2 Å². The van der Waals surface area contributed by atoms with Crippen molar-refractivity contribution in [3.8, 4) is 0 Å². The average molecular weight is 259 g/mol. The lowest BCUT2D eigenvalue weighted by molar-refractivity contribution is 0.566. The van der Waals surface area contributed by atoms with Gasteiger partial charge in [0.25, 0.3) is 0 Å². The fourth-order valence-corrected chi connectivity index (χ4v) is 2.87. The first-order chi connectivity index (χ1) is 8.84. The van der Waals surface area contributed by atoms with Gasteiger partial charge in [0.1, 0.15) is 5.52 Å². The lowest BCUT2D eigenvalue weighted by Gasteiger charge is -2.18. The molecule has 19 heavy (non-hydrogen) atoms. The number of hydrogen-bond donors (Lipinski definition) is 0. The van der Waals surface area contributed by atoms with Crippen LogP contribution in [0.3, 0.4) is 0 Å². The summed E-state index contributed by atoms with van der Waals surface area (Å²) in [6.45, 7) is 15.5. The van der Waals surface area contributed by atoms with Crippen LogP contribution in [0, 0.1) is 6.92 Å². The molecular weight excluding hydrogens is 234 g/mol. The van der Waals surface area contributed by atoms with E-state index >= 15 is 0 Å². The zero-order chi connectivity index (χ0) is 14.3. The van der Waals surface area contributed by atoms with E-state index in [0.29, 0.717) is 17.9 Å². The van der Waals surface area contributed by atoms with E-state index in [1.165, 1.54) is 11.3 Å². The van der Waals surface area contributed by atoms with Crippen molar-refractivity contribution in [1.82, 2.24) is 14.5 Å². The highest BCUT2D eigenvalue weighted by molar-refractivity contribution is 5.79. The third kappa shape index (κ3) is 2.26. The van der Waals surface area contributed by atoms with Crippen molar-refractivity contribution < 1.29 is 0 Å². The van der Waals surface area contributed by atoms with Crippen LogP contribution in [0.1, 0.15) is 76.4 Å². The van der Waals surface area contributed by atoms with Crippen LogP contribution in [0.5, 0.6) is 0 Å². The number of nitrogens with zero attached hydrogens (tertiary/aromatic N) is 3. The van der Waals surface area contributed by atoms with Gasteiger partial charge in [0, 0.05) is 17.3 Å². The summed E-state index contributed by atoms with van der Waals surface area (Å²) in [7, 11) is 0. The normalized spacial score (nSPS) is 12.3. The maximum atomic E-state index is 4.76. The molecule has 0 saturated heterocycles. The highest BCUT2D eigenvalue weighted by Gasteiger charge is 2.24. The maximum absolute atomic E-state index is 4.76. The number of aromatic nitrogens is 3. The Morgan fingerprint density at radius 1 is 1.00 bits per heavy atom. The summed E-state index contributed by atoms with van der Waals surface area (Å²) >= 11 is 0. The zero-order valence-corrected chi connectivity index (χ0v) is 13.2. The Labute approximate surface area is 116 Å². The Balaban J connectivity index is 2.94. The first-order valence-corrected chi connectivity index (χ1v) is 7.21. The van der Waals surface area contributed by atoms with Gasteiger partial charge in [0.05, 0.1) is 11.9 Å². The molecule has 2 heterocycles. The first-order valence-electron chi connectivity index (χ1n) is 7.21. The minimum absolute atomic E-state index is 0.407. The minimum Gasteiger partial charge on any atom is -0.325 e. The Morgan fingerprint density at radius 3 is 2.11 bits per heavy atom. The van der Waals surface area contributed by atoms with Crippen LogP contribution < -0.4 is 0 Å². The molecular formula is C16H25N3. The summed E-state index contributed by atoms with van der Waals surface area (Å²) in [6, 6.07) is 0.407. The molecule has 3 heteroatoms. The summed E-state index contributed by atoms with van der Waals surface area (Å²) in [6.07, 6.45) is 1.87. The molecule has 0 fully saturated rings. The molecule has 0 N–H and O–H groups in total. The van der Waals surface area contributed by atoms with Crippen molar-refractivity contribution in [3.63, 3.8) is 0 Å². The molecule has 0 aliphatic rings. The average Bonchev–Trinajstić information content (AvgIpc) is 2.62. The van der Waals surface area contributed by atoms with Gasteiger partial charge in [-0.25, -0.2) is 9.97 Å². The van der Waals surface area contributed by atoms with E-state index in [1.807, 2.05) is 13.1 Å². The fourth-order valence-electron chi connectivity index (χ4n) is 2.87. The molecule has 0 unspecified atom stereocenters. The molecule has 3 nitrogen and oxygen atoms in total. The van der Waals surface area contributed by atoms with E-state index in [1.54, 1.807) is 0 Å². The Morgan fingerprint density at radius 2 is 1.63 bits per heavy atom. The smallest absolute Gasteiger partial charge is 0.159 e. The second-order valence-electron chi connectivity index (χ2n) is 6.26. The van der Waals surface area contributed by atoms with Crippen LogP contribution in [0.2, 0.25) is 0 Å². The van der Waals surface area contributed by atoms with Crippen molar-refractivity contribution in [1.29, 1.82) is 0 Å². The van der Waals surface area contributed by atoms with Gasteiger partial charge in [0.15, 0.2) is 5.65 Å². The van der Waals surface area contributed by atoms with Crippen LogP contribution in [0.15, 0.2) is 6.20 Å². The molecule has 2 aromatic heterocycles. The van der Waals surface area contributed by atoms with Gasteiger partial charge >= 0.3 is 0 Å². The first kappa shape index (κ1) is 14.0. The largest absolute Gasteiger partial charge is 0.325 e. The predicted molar refractivity (Wildman–Crippen MR) is 80.8 cm³/mol. The van der Waals surface area contributed by atoms with Gasteiger partial charge in [-0.05, 0) is 32.6 Å². The molecule has 0 aliphatic carbocycles. The number of rotatable bonds is 3. The van der Waals surface area contributed by atoms with Crippen molar-refractivity contribution in [2.75, 3.05) is 0 Å². The quantitative estimate of drug-likeness (QED) is 0.808. The van der Waals surface area contributed by atoms with Gasteiger partial charge in [-0.1, -0.05) is 27.7 Å². The SMILES string of the molecule is Cc1cnc2c(n1)c(C(C)C)c(C(C)C)n2C(C)C. The molecule has 0 aliphatic heterocycles. The van der Waals surface area contributed by atoms with Crippen molar-refractivity contribution in [2.45, 2.75) is 66.3 Å². The molecule has 0 saturated carbocycles. The summed E-state index contributed by atoms with van der Waals surface area (Å²) in [5.41, 5.74) is 5.88. The molecule has 0 aromatic carbocycles. The van der Waals surface area contributed by atoms with Gasteiger partial charge < -0.3 is 4.57 Å². The summed E-state index contributed by atoms with van der Waals surface area (Å²) in [5.74, 6) is 0.951. The Hall–Kier alpha value is -1.38. The van der Waals surface area contributed by atoms with Crippen LogP contribution in [0.4, 0.5) is 0 Å². The lowest BCUT2D eigenvalue weighted by atomic mass is 9.96. The zero-order valence-electron chi connectivity index (χ0n) is 13.2. The van der Waals surface area contributed by atoms with E-state index in [-0.39, 0.29) is 0 Å². The van der Waals surface area contributed by atoms with Crippen LogP contribution >= 0.6 is 0 Å². The van der Waals surface area contributed by atoms with E-state index in [2.05, 4.69) is 51.1 Å². The van der Waals surface area contributed by atoms with Gasteiger partial charge in [-0.15, -0.1) is 0 Å². The van der Waals surface area contributed by atoms with Crippen LogP contribution in [-0.2, 0) is 0 Å². The molecule has 0 spiro atoms.